The Bertz CT molecular complexity index is 1290. The molecule has 0 amide bonds. The molecule has 4 aromatic rings. The van der Waals surface area contributed by atoms with Crippen molar-refractivity contribution in [2.24, 2.45) is 4.99 Å². The fourth-order valence-electron chi connectivity index (χ4n) is 3.72. The first-order valence-electron chi connectivity index (χ1n) is 11.1. The van der Waals surface area contributed by atoms with Crippen molar-refractivity contribution >= 4 is 16.9 Å². The van der Waals surface area contributed by atoms with Crippen LogP contribution in [0.4, 0.5) is 4.39 Å². The van der Waals surface area contributed by atoms with Gasteiger partial charge in [0.05, 0.1) is 13.1 Å². The highest BCUT2D eigenvalue weighted by Crippen LogP contribution is 2.19. The Balaban J connectivity index is 1.34. The Morgan fingerprint density at radius 2 is 1.88 bits per heavy atom. The molecule has 6 nitrogen and oxygen atoms in total. The minimum Gasteiger partial charge on any atom is -0.361 e. The molecule has 0 saturated carbocycles. The smallest absolute Gasteiger partial charge is 0.250 e. The van der Waals surface area contributed by atoms with Gasteiger partial charge in [-0.05, 0) is 54.3 Å². The minimum atomic E-state index is -0.229. The van der Waals surface area contributed by atoms with Gasteiger partial charge in [0.15, 0.2) is 5.96 Å². The molecule has 2 aromatic carbocycles. The fraction of sp³-hybridized carbons (Fsp3) is 0.231. The summed E-state index contributed by atoms with van der Waals surface area (Å²) in [6, 6.07) is 18.1. The molecule has 3 N–H and O–H groups in total. The highest BCUT2D eigenvalue weighted by atomic mass is 19.1. The van der Waals surface area contributed by atoms with Crippen LogP contribution in [-0.2, 0) is 19.5 Å². The van der Waals surface area contributed by atoms with Crippen molar-refractivity contribution in [3.8, 4) is 0 Å². The number of aromatic nitrogens is 2. The van der Waals surface area contributed by atoms with E-state index in [0.29, 0.717) is 19.6 Å². The minimum absolute atomic E-state index is 0.00898. The maximum atomic E-state index is 13.6. The van der Waals surface area contributed by atoms with Crippen LogP contribution >= 0.6 is 0 Å². The number of halogens is 1. The highest BCUT2D eigenvalue weighted by Gasteiger charge is 2.06. The first kappa shape index (κ1) is 22.3. The number of hydrogen-bond acceptors (Lipinski definition) is 2. The SMILES string of the molecule is CCNC(=NCc1ccc(Cn2ccccc2=O)cc1)NCCc1c[nH]c2ccc(F)cc12. The lowest BCUT2D eigenvalue weighted by molar-refractivity contribution is 0.629. The van der Waals surface area contributed by atoms with Crippen LogP contribution in [0.3, 0.4) is 0 Å². The van der Waals surface area contributed by atoms with Gasteiger partial charge in [0.1, 0.15) is 5.82 Å². The molecule has 2 aromatic heterocycles. The second-order valence-corrected chi connectivity index (χ2v) is 7.86. The van der Waals surface area contributed by atoms with Gasteiger partial charge in [-0.3, -0.25) is 4.79 Å². The highest BCUT2D eigenvalue weighted by molar-refractivity contribution is 5.83. The summed E-state index contributed by atoms with van der Waals surface area (Å²) in [4.78, 5) is 19.8. The molecule has 7 heteroatoms. The quantitative estimate of drug-likeness (QED) is 0.285. The summed E-state index contributed by atoms with van der Waals surface area (Å²) in [6.45, 7) is 4.55. The monoisotopic (exact) mass is 445 g/mol. The van der Waals surface area contributed by atoms with Crippen molar-refractivity contribution in [1.29, 1.82) is 0 Å². The van der Waals surface area contributed by atoms with E-state index < -0.39 is 0 Å². The molecular formula is C26H28FN5O. The summed E-state index contributed by atoms with van der Waals surface area (Å²) in [5.41, 5.74) is 4.15. The number of guanidine groups is 1. The number of nitrogens with one attached hydrogen (secondary N) is 3. The molecule has 170 valence electrons. The molecule has 0 aliphatic rings. The average Bonchev–Trinajstić information content (AvgIpc) is 3.22. The summed E-state index contributed by atoms with van der Waals surface area (Å²) < 4.78 is 15.3. The molecule has 0 radical (unpaired) electrons. The molecule has 0 fully saturated rings. The summed E-state index contributed by atoms with van der Waals surface area (Å²) >= 11 is 0. The third-order valence-corrected chi connectivity index (χ3v) is 5.46. The van der Waals surface area contributed by atoms with E-state index >= 15 is 0 Å². The number of fused-ring (bicyclic) bond motifs is 1. The lowest BCUT2D eigenvalue weighted by atomic mass is 10.1. The molecule has 4 rings (SSSR count). The van der Waals surface area contributed by atoms with E-state index in [1.807, 2.05) is 43.5 Å². The van der Waals surface area contributed by atoms with Crippen LogP contribution in [0.2, 0.25) is 0 Å². The van der Waals surface area contributed by atoms with Crippen LogP contribution in [0, 0.1) is 5.82 Å². The number of H-pyrrole nitrogens is 1. The van der Waals surface area contributed by atoms with E-state index in [4.69, 9.17) is 0 Å². The predicted octanol–water partition coefficient (Wildman–Crippen LogP) is 3.81. The first-order valence-corrected chi connectivity index (χ1v) is 11.1. The maximum Gasteiger partial charge on any atom is 0.250 e. The van der Waals surface area contributed by atoms with Crippen molar-refractivity contribution in [2.45, 2.75) is 26.4 Å². The Labute approximate surface area is 192 Å². The predicted molar refractivity (Wildman–Crippen MR) is 131 cm³/mol. The van der Waals surface area contributed by atoms with E-state index in [1.54, 1.807) is 35.0 Å². The number of nitrogens with zero attached hydrogens (tertiary/aromatic N) is 2. The van der Waals surface area contributed by atoms with Crippen molar-refractivity contribution in [3.63, 3.8) is 0 Å². The standard InChI is InChI=1S/C26H28FN5O/c1-2-28-26(29-13-12-21-17-30-24-11-10-22(27)15-23(21)24)31-16-19-6-8-20(9-7-19)18-32-14-4-3-5-25(32)33/h3-11,14-15,17,30H,2,12-13,16,18H2,1H3,(H2,28,29,31). The van der Waals surface area contributed by atoms with Gasteiger partial charge in [-0.25, -0.2) is 9.38 Å². The zero-order valence-electron chi connectivity index (χ0n) is 18.6. The zero-order valence-corrected chi connectivity index (χ0v) is 18.6. The van der Waals surface area contributed by atoms with Crippen molar-refractivity contribution in [2.75, 3.05) is 13.1 Å². The number of aliphatic imine (C=N–C) groups is 1. The molecule has 0 spiro atoms. The van der Waals surface area contributed by atoms with Crippen LogP contribution in [-0.4, -0.2) is 28.6 Å². The third-order valence-electron chi connectivity index (χ3n) is 5.46. The van der Waals surface area contributed by atoms with Gasteiger partial charge < -0.3 is 20.2 Å². The van der Waals surface area contributed by atoms with Crippen molar-refractivity contribution < 1.29 is 4.39 Å². The van der Waals surface area contributed by atoms with Gasteiger partial charge in [-0.2, -0.15) is 0 Å². The summed E-state index contributed by atoms with van der Waals surface area (Å²) in [6.07, 6.45) is 4.48. The van der Waals surface area contributed by atoms with Crippen LogP contribution in [0.1, 0.15) is 23.6 Å². The van der Waals surface area contributed by atoms with Gasteiger partial charge in [-0.15, -0.1) is 0 Å². The molecule has 0 saturated heterocycles. The van der Waals surface area contributed by atoms with Gasteiger partial charge >= 0.3 is 0 Å². The molecular weight excluding hydrogens is 417 g/mol. The molecule has 0 bridgehead atoms. The Kier molecular flexibility index (Phi) is 7.19. The van der Waals surface area contributed by atoms with E-state index in [1.165, 1.54) is 6.07 Å². The van der Waals surface area contributed by atoms with Gasteiger partial charge in [-0.1, -0.05) is 30.3 Å². The first-order chi connectivity index (χ1) is 16.1. The number of hydrogen-bond donors (Lipinski definition) is 3. The van der Waals surface area contributed by atoms with Crippen molar-refractivity contribution in [3.05, 3.63) is 106 Å². The second-order valence-electron chi connectivity index (χ2n) is 7.86. The lowest BCUT2D eigenvalue weighted by Crippen LogP contribution is -2.38. The van der Waals surface area contributed by atoms with Crippen LogP contribution in [0.15, 0.2) is 82.8 Å². The van der Waals surface area contributed by atoms with E-state index in [2.05, 4.69) is 20.6 Å². The van der Waals surface area contributed by atoms with E-state index in [9.17, 15) is 9.18 Å². The normalized spacial score (nSPS) is 11.6. The molecule has 33 heavy (non-hydrogen) atoms. The molecule has 0 aliphatic heterocycles. The molecule has 0 aliphatic carbocycles. The van der Waals surface area contributed by atoms with Crippen LogP contribution in [0.5, 0.6) is 0 Å². The number of aromatic amines is 1. The molecule has 0 unspecified atom stereocenters. The Hall–Kier alpha value is -3.87. The van der Waals surface area contributed by atoms with E-state index in [-0.39, 0.29) is 11.4 Å². The van der Waals surface area contributed by atoms with Gasteiger partial charge in [0, 0.05) is 42.5 Å². The topological polar surface area (TPSA) is 74.2 Å². The maximum absolute atomic E-state index is 13.6. The number of pyridine rings is 1. The van der Waals surface area contributed by atoms with E-state index in [0.717, 1.165) is 46.5 Å². The third kappa shape index (κ3) is 5.88. The molecule has 0 atom stereocenters. The largest absolute Gasteiger partial charge is 0.361 e. The van der Waals surface area contributed by atoms with Gasteiger partial charge in [0.2, 0.25) is 0 Å². The lowest BCUT2D eigenvalue weighted by Gasteiger charge is -2.11. The number of benzene rings is 2. The van der Waals surface area contributed by atoms with Crippen molar-refractivity contribution in [1.82, 2.24) is 20.2 Å². The molecule has 2 heterocycles. The van der Waals surface area contributed by atoms with Crippen LogP contribution in [0.25, 0.3) is 10.9 Å². The van der Waals surface area contributed by atoms with Crippen LogP contribution < -0.4 is 16.2 Å². The second kappa shape index (κ2) is 10.6. The summed E-state index contributed by atoms with van der Waals surface area (Å²) in [7, 11) is 0. The average molecular weight is 446 g/mol. The zero-order chi connectivity index (χ0) is 23.0. The Morgan fingerprint density at radius 3 is 2.67 bits per heavy atom. The van der Waals surface area contributed by atoms with Gasteiger partial charge in [0.25, 0.3) is 5.56 Å². The number of rotatable bonds is 8. The Morgan fingerprint density at radius 1 is 1.06 bits per heavy atom. The summed E-state index contributed by atoms with van der Waals surface area (Å²) in [5.74, 6) is 0.511. The summed E-state index contributed by atoms with van der Waals surface area (Å²) in [5, 5.41) is 7.53. The fourth-order valence-corrected chi connectivity index (χ4v) is 3.72.